The van der Waals surface area contributed by atoms with Crippen LogP contribution in [0.2, 0.25) is 0 Å². The molecule has 1 saturated heterocycles. The van der Waals surface area contributed by atoms with Crippen molar-refractivity contribution in [3.63, 3.8) is 0 Å². The Labute approximate surface area is 156 Å². The highest BCUT2D eigenvalue weighted by molar-refractivity contribution is 6.04. The molecule has 0 unspecified atom stereocenters. The van der Waals surface area contributed by atoms with Crippen molar-refractivity contribution in [2.75, 3.05) is 34.8 Å². The number of anilines is 3. The fraction of sp³-hybridized carbons (Fsp3) is 0.429. The van der Waals surface area contributed by atoms with Crippen LogP contribution in [0.1, 0.15) is 44.0 Å². The molecule has 5 heteroatoms. The number of rotatable bonds is 6. The number of carbonyl (C=O) groups is 1. The Hall–Kier alpha value is -2.56. The molecule has 0 spiro atoms. The smallest absolute Gasteiger partial charge is 0.256 e. The first-order valence-corrected chi connectivity index (χ1v) is 9.47. The number of aromatic nitrogens is 1. The lowest BCUT2D eigenvalue weighted by molar-refractivity contribution is 0.102. The molecule has 3 rings (SSSR count). The zero-order valence-corrected chi connectivity index (χ0v) is 15.9. The van der Waals surface area contributed by atoms with Crippen LogP contribution in [0.25, 0.3) is 0 Å². The first kappa shape index (κ1) is 18.2. The molecule has 26 heavy (non-hydrogen) atoms. The number of amides is 1. The van der Waals surface area contributed by atoms with E-state index in [0.29, 0.717) is 17.4 Å². The lowest BCUT2D eigenvalue weighted by Crippen LogP contribution is -2.30. The van der Waals surface area contributed by atoms with E-state index < -0.39 is 0 Å². The zero-order chi connectivity index (χ0) is 18.5. The first-order chi connectivity index (χ1) is 12.6. The van der Waals surface area contributed by atoms with Crippen LogP contribution in [0.5, 0.6) is 0 Å². The van der Waals surface area contributed by atoms with Gasteiger partial charge in [-0.25, -0.2) is 4.98 Å². The Balaban J connectivity index is 1.64. The van der Waals surface area contributed by atoms with Gasteiger partial charge in [0, 0.05) is 36.9 Å². The van der Waals surface area contributed by atoms with Gasteiger partial charge in [0.2, 0.25) is 0 Å². The Morgan fingerprint density at radius 2 is 1.85 bits per heavy atom. The second kappa shape index (κ2) is 8.21. The fourth-order valence-corrected chi connectivity index (χ4v) is 3.46. The van der Waals surface area contributed by atoms with E-state index in [1.54, 1.807) is 0 Å². The third-order valence-corrected chi connectivity index (χ3v) is 4.89. The second-order valence-corrected chi connectivity index (χ2v) is 6.98. The minimum Gasteiger partial charge on any atom is -0.370 e. The molecule has 2 aromatic rings. The molecule has 1 aliphatic rings. The third kappa shape index (κ3) is 4.15. The SMILES string of the molecule is CCN(c1ccc(C(=O)Nc2ccc(N3CCCC3)cn2)cc1)C(C)C. The lowest BCUT2D eigenvalue weighted by atomic mass is 10.1. The van der Waals surface area contributed by atoms with Gasteiger partial charge in [0.05, 0.1) is 11.9 Å². The summed E-state index contributed by atoms with van der Waals surface area (Å²) in [6, 6.07) is 12.1. The Kier molecular flexibility index (Phi) is 5.76. The van der Waals surface area contributed by atoms with Crippen LogP contribution in [-0.4, -0.2) is 36.6 Å². The molecule has 1 N–H and O–H groups in total. The second-order valence-electron chi connectivity index (χ2n) is 6.98. The Bertz CT molecular complexity index is 719. The van der Waals surface area contributed by atoms with Gasteiger partial charge in [-0.15, -0.1) is 0 Å². The molecule has 1 amide bonds. The van der Waals surface area contributed by atoms with Crippen LogP contribution in [0.3, 0.4) is 0 Å². The monoisotopic (exact) mass is 352 g/mol. The number of pyridine rings is 1. The van der Waals surface area contributed by atoms with Crippen molar-refractivity contribution in [2.45, 2.75) is 39.7 Å². The van der Waals surface area contributed by atoms with E-state index in [4.69, 9.17) is 0 Å². The maximum Gasteiger partial charge on any atom is 0.256 e. The molecular formula is C21H28N4O. The van der Waals surface area contributed by atoms with Crippen molar-refractivity contribution in [2.24, 2.45) is 0 Å². The Morgan fingerprint density at radius 1 is 1.15 bits per heavy atom. The van der Waals surface area contributed by atoms with E-state index in [1.165, 1.54) is 12.8 Å². The molecule has 0 aliphatic carbocycles. The minimum absolute atomic E-state index is 0.134. The topological polar surface area (TPSA) is 48.5 Å². The number of hydrogen-bond acceptors (Lipinski definition) is 4. The largest absolute Gasteiger partial charge is 0.370 e. The predicted molar refractivity (Wildman–Crippen MR) is 108 cm³/mol. The van der Waals surface area contributed by atoms with Crippen LogP contribution in [0.4, 0.5) is 17.2 Å². The van der Waals surface area contributed by atoms with E-state index in [0.717, 1.165) is 31.0 Å². The summed E-state index contributed by atoms with van der Waals surface area (Å²) >= 11 is 0. The quantitative estimate of drug-likeness (QED) is 0.848. The van der Waals surface area contributed by atoms with E-state index in [9.17, 15) is 4.79 Å². The van der Waals surface area contributed by atoms with Gasteiger partial charge in [-0.05, 0) is 70.0 Å². The van der Waals surface area contributed by atoms with Crippen molar-refractivity contribution < 1.29 is 4.79 Å². The van der Waals surface area contributed by atoms with Crippen molar-refractivity contribution in [3.8, 4) is 0 Å². The maximum atomic E-state index is 12.5. The van der Waals surface area contributed by atoms with Crippen molar-refractivity contribution in [1.82, 2.24) is 4.98 Å². The van der Waals surface area contributed by atoms with E-state index in [1.807, 2.05) is 42.6 Å². The highest BCUT2D eigenvalue weighted by Crippen LogP contribution is 2.21. The van der Waals surface area contributed by atoms with Gasteiger partial charge in [-0.1, -0.05) is 0 Å². The molecule has 1 fully saturated rings. The molecule has 0 bridgehead atoms. The third-order valence-electron chi connectivity index (χ3n) is 4.89. The van der Waals surface area contributed by atoms with E-state index in [2.05, 4.69) is 40.9 Å². The molecule has 0 atom stereocenters. The van der Waals surface area contributed by atoms with E-state index >= 15 is 0 Å². The average molecular weight is 352 g/mol. The summed E-state index contributed by atoms with van der Waals surface area (Å²) in [6.45, 7) is 9.59. The number of carbonyl (C=O) groups excluding carboxylic acids is 1. The molecule has 0 radical (unpaired) electrons. The lowest BCUT2D eigenvalue weighted by Gasteiger charge is -2.27. The van der Waals surface area contributed by atoms with Crippen LogP contribution in [0.15, 0.2) is 42.6 Å². The normalized spacial score (nSPS) is 13.9. The summed E-state index contributed by atoms with van der Waals surface area (Å²) in [5.74, 6) is 0.449. The first-order valence-electron chi connectivity index (χ1n) is 9.47. The van der Waals surface area contributed by atoms with Gasteiger partial charge < -0.3 is 15.1 Å². The molecule has 1 aromatic carbocycles. The highest BCUT2D eigenvalue weighted by atomic mass is 16.1. The number of nitrogens with zero attached hydrogens (tertiary/aromatic N) is 3. The van der Waals surface area contributed by atoms with Crippen LogP contribution in [0, 0.1) is 0 Å². The van der Waals surface area contributed by atoms with Crippen molar-refractivity contribution in [3.05, 3.63) is 48.2 Å². The molecule has 1 aliphatic heterocycles. The van der Waals surface area contributed by atoms with Gasteiger partial charge in [0.15, 0.2) is 0 Å². The average Bonchev–Trinajstić information content (AvgIpc) is 3.18. The molecule has 1 aromatic heterocycles. The van der Waals surface area contributed by atoms with Crippen molar-refractivity contribution >= 4 is 23.1 Å². The summed E-state index contributed by atoms with van der Waals surface area (Å²) in [4.78, 5) is 21.5. The summed E-state index contributed by atoms with van der Waals surface area (Å²) in [7, 11) is 0. The molecule has 0 saturated carbocycles. The van der Waals surface area contributed by atoms with Gasteiger partial charge in [-0.3, -0.25) is 4.79 Å². The summed E-state index contributed by atoms with van der Waals surface area (Å²) < 4.78 is 0. The van der Waals surface area contributed by atoms with Gasteiger partial charge in [0.1, 0.15) is 5.82 Å². The minimum atomic E-state index is -0.134. The van der Waals surface area contributed by atoms with Gasteiger partial charge in [-0.2, -0.15) is 0 Å². The molecule has 2 heterocycles. The van der Waals surface area contributed by atoms with Crippen LogP contribution < -0.4 is 15.1 Å². The zero-order valence-electron chi connectivity index (χ0n) is 15.9. The number of hydrogen-bond donors (Lipinski definition) is 1. The van der Waals surface area contributed by atoms with Gasteiger partial charge in [0.25, 0.3) is 5.91 Å². The number of nitrogens with one attached hydrogen (secondary N) is 1. The number of benzene rings is 1. The standard InChI is InChI=1S/C21H28N4O/c1-4-25(16(2)3)18-9-7-17(8-10-18)21(26)23-20-12-11-19(15-22-20)24-13-5-6-14-24/h7-12,15-16H,4-6,13-14H2,1-3H3,(H,22,23,26). The van der Waals surface area contributed by atoms with Crippen LogP contribution in [-0.2, 0) is 0 Å². The predicted octanol–water partition coefficient (Wildman–Crippen LogP) is 4.17. The Morgan fingerprint density at radius 3 is 2.38 bits per heavy atom. The van der Waals surface area contributed by atoms with Crippen LogP contribution >= 0.6 is 0 Å². The van der Waals surface area contributed by atoms with Crippen molar-refractivity contribution in [1.29, 1.82) is 0 Å². The molecular weight excluding hydrogens is 324 g/mol. The highest BCUT2D eigenvalue weighted by Gasteiger charge is 2.14. The molecule has 5 nitrogen and oxygen atoms in total. The molecule has 138 valence electrons. The fourth-order valence-electron chi connectivity index (χ4n) is 3.46. The van der Waals surface area contributed by atoms with E-state index in [-0.39, 0.29) is 5.91 Å². The summed E-state index contributed by atoms with van der Waals surface area (Å²) in [6.07, 6.45) is 4.31. The summed E-state index contributed by atoms with van der Waals surface area (Å²) in [5, 5.41) is 2.88. The summed E-state index contributed by atoms with van der Waals surface area (Å²) in [5.41, 5.74) is 2.89. The van der Waals surface area contributed by atoms with Gasteiger partial charge >= 0.3 is 0 Å². The maximum absolute atomic E-state index is 12.5.